The molecule has 21 heavy (non-hydrogen) atoms. The summed E-state index contributed by atoms with van der Waals surface area (Å²) >= 11 is 0. The van der Waals surface area contributed by atoms with E-state index in [1.807, 2.05) is 0 Å². The second-order valence-corrected chi connectivity index (χ2v) is 6.12. The number of rotatable bonds is 10. The number of hydrogen-bond acceptors (Lipinski definition) is 2. The van der Waals surface area contributed by atoms with Crippen molar-refractivity contribution in [2.45, 2.75) is 70.9 Å². The SMILES string of the molecule is CCCCCCCCOC1Cc2ccccc2C1NCC. The van der Waals surface area contributed by atoms with Gasteiger partial charge in [0, 0.05) is 13.0 Å². The second-order valence-electron chi connectivity index (χ2n) is 6.12. The predicted octanol–water partition coefficient (Wildman–Crippen LogP) is 4.64. The summed E-state index contributed by atoms with van der Waals surface area (Å²) in [6.07, 6.45) is 9.33. The maximum absolute atomic E-state index is 6.19. The molecule has 2 unspecified atom stereocenters. The van der Waals surface area contributed by atoms with Crippen molar-refractivity contribution in [3.63, 3.8) is 0 Å². The monoisotopic (exact) mass is 289 g/mol. The third-order valence-electron chi connectivity index (χ3n) is 4.44. The lowest BCUT2D eigenvalue weighted by atomic mass is 10.1. The van der Waals surface area contributed by atoms with E-state index in [0.29, 0.717) is 12.1 Å². The Hall–Kier alpha value is -0.860. The van der Waals surface area contributed by atoms with Crippen molar-refractivity contribution in [2.24, 2.45) is 0 Å². The van der Waals surface area contributed by atoms with Crippen LogP contribution in [-0.4, -0.2) is 19.3 Å². The van der Waals surface area contributed by atoms with Gasteiger partial charge in [0.2, 0.25) is 0 Å². The first kappa shape index (κ1) is 16.5. The molecule has 0 fully saturated rings. The molecule has 2 heteroatoms. The minimum atomic E-state index is 0.318. The Morgan fingerprint density at radius 1 is 1.05 bits per heavy atom. The topological polar surface area (TPSA) is 21.3 Å². The lowest BCUT2D eigenvalue weighted by Crippen LogP contribution is -2.31. The van der Waals surface area contributed by atoms with Crippen molar-refractivity contribution in [1.29, 1.82) is 0 Å². The van der Waals surface area contributed by atoms with E-state index in [1.54, 1.807) is 0 Å². The minimum absolute atomic E-state index is 0.318. The van der Waals surface area contributed by atoms with Gasteiger partial charge in [-0.15, -0.1) is 0 Å². The van der Waals surface area contributed by atoms with E-state index in [1.165, 1.54) is 49.7 Å². The number of hydrogen-bond donors (Lipinski definition) is 1. The molecule has 0 aliphatic heterocycles. The maximum atomic E-state index is 6.19. The number of nitrogens with one attached hydrogen (secondary N) is 1. The molecular weight excluding hydrogens is 258 g/mol. The molecule has 0 amide bonds. The van der Waals surface area contributed by atoms with E-state index in [4.69, 9.17) is 4.74 Å². The van der Waals surface area contributed by atoms with Gasteiger partial charge in [0.05, 0.1) is 12.1 Å². The molecule has 0 bridgehead atoms. The summed E-state index contributed by atoms with van der Waals surface area (Å²) < 4.78 is 6.19. The molecule has 1 aromatic rings. The van der Waals surface area contributed by atoms with E-state index in [0.717, 1.165) is 19.6 Å². The van der Waals surface area contributed by atoms with Crippen molar-refractivity contribution >= 4 is 0 Å². The zero-order valence-corrected chi connectivity index (χ0v) is 13.7. The zero-order valence-electron chi connectivity index (χ0n) is 13.7. The summed E-state index contributed by atoms with van der Waals surface area (Å²) in [5.74, 6) is 0. The molecule has 0 saturated heterocycles. The molecule has 0 radical (unpaired) electrons. The van der Waals surface area contributed by atoms with E-state index in [2.05, 4.69) is 43.4 Å². The minimum Gasteiger partial charge on any atom is -0.376 e. The largest absolute Gasteiger partial charge is 0.376 e. The maximum Gasteiger partial charge on any atom is 0.0810 e. The molecule has 118 valence electrons. The van der Waals surface area contributed by atoms with Crippen LogP contribution in [0.3, 0.4) is 0 Å². The van der Waals surface area contributed by atoms with Crippen LogP contribution in [0, 0.1) is 0 Å². The number of ether oxygens (including phenoxy) is 1. The molecule has 0 saturated carbocycles. The highest BCUT2D eigenvalue weighted by molar-refractivity contribution is 5.36. The van der Waals surface area contributed by atoms with Gasteiger partial charge in [0.1, 0.15) is 0 Å². The lowest BCUT2D eigenvalue weighted by molar-refractivity contribution is 0.0328. The molecule has 2 rings (SSSR count). The normalized spacial score (nSPS) is 20.7. The summed E-state index contributed by atoms with van der Waals surface area (Å²) in [5, 5.41) is 3.59. The van der Waals surface area contributed by atoms with E-state index >= 15 is 0 Å². The van der Waals surface area contributed by atoms with Gasteiger partial charge in [-0.3, -0.25) is 0 Å². The summed E-state index contributed by atoms with van der Waals surface area (Å²) in [6, 6.07) is 9.15. The summed E-state index contributed by atoms with van der Waals surface area (Å²) in [7, 11) is 0. The highest BCUT2D eigenvalue weighted by Gasteiger charge is 2.31. The highest BCUT2D eigenvalue weighted by atomic mass is 16.5. The van der Waals surface area contributed by atoms with Crippen LogP contribution >= 0.6 is 0 Å². The lowest BCUT2D eigenvalue weighted by Gasteiger charge is -2.22. The van der Waals surface area contributed by atoms with Gasteiger partial charge in [-0.1, -0.05) is 70.2 Å². The van der Waals surface area contributed by atoms with Crippen molar-refractivity contribution in [2.75, 3.05) is 13.2 Å². The Balaban J connectivity index is 1.73. The van der Waals surface area contributed by atoms with Crippen LogP contribution in [-0.2, 0) is 11.2 Å². The molecule has 1 aliphatic carbocycles. The standard InChI is InChI=1S/C19H31NO/c1-3-5-6-7-8-11-14-21-18-15-16-12-9-10-13-17(16)19(18)20-4-2/h9-10,12-13,18-20H,3-8,11,14-15H2,1-2H3. The van der Waals surface area contributed by atoms with Crippen molar-refractivity contribution < 1.29 is 4.74 Å². The molecule has 1 aliphatic rings. The third kappa shape index (κ3) is 4.82. The average molecular weight is 289 g/mol. The number of likely N-dealkylation sites (N-methyl/N-ethyl adjacent to an activating group) is 1. The first-order valence-corrected chi connectivity index (χ1v) is 8.79. The fourth-order valence-corrected chi connectivity index (χ4v) is 3.29. The van der Waals surface area contributed by atoms with Crippen LogP contribution in [0.2, 0.25) is 0 Å². The van der Waals surface area contributed by atoms with E-state index in [9.17, 15) is 0 Å². The van der Waals surface area contributed by atoms with Crippen LogP contribution in [0.5, 0.6) is 0 Å². The Labute approximate surface area is 130 Å². The molecule has 2 atom stereocenters. The number of benzene rings is 1. The fourth-order valence-electron chi connectivity index (χ4n) is 3.29. The van der Waals surface area contributed by atoms with Gasteiger partial charge in [-0.25, -0.2) is 0 Å². The first-order chi connectivity index (χ1) is 10.4. The van der Waals surface area contributed by atoms with E-state index < -0.39 is 0 Å². The summed E-state index contributed by atoms with van der Waals surface area (Å²) in [5.41, 5.74) is 2.89. The predicted molar refractivity (Wildman–Crippen MR) is 89.7 cm³/mol. The van der Waals surface area contributed by atoms with Crippen LogP contribution in [0.4, 0.5) is 0 Å². The number of fused-ring (bicyclic) bond motifs is 1. The Kier molecular flexibility index (Phi) is 7.25. The fraction of sp³-hybridized carbons (Fsp3) is 0.684. The van der Waals surface area contributed by atoms with Crippen molar-refractivity contribution in [1.82, 2.24) is 5.32 Å². The van der Waals surface area contributed by atoms with Crippen LogP contribution in [0.1, 0.15) is 69.5 Å². The second kappa shape index (κ2) is 9.22. The van der Waals surface area contributed by atoms with Crippen LogP contribution in [0.25, 0.3) is 0 Å². The quantitative estimate of drug-likeness (QED) is 0.634. The Morgan fingerprint density at radius 2 is 1.81 bits per heavy atom. The zero-order chi connectivity index (χ0) is 14.9. The van der Waals surface area contributed by atoms with Gasteiger partial charge in [0.25, 0.3) is 0 Å². The summed E-state index contributed by atoms with van der Waals surface area (Å²) in [6.45, 7) is 6.34. The summed E-state index contributed by atoms with van der Waals surface area (Å²) in [4.78, 5) is 0. The molecule has 1 N–H and O–H groups in total. The van der Waals surface area contributed by atoms with Gasteiger partial charge in [-0.05, 0) is 24.1 Å². The third-order valence-corrected chi connectivity index (χ3v) is 4.44. The van der Waals surface area contributed by atoms with Gasteiger partial charge >= 0.3 is 0 Å². The average Bonchev–Trinajstić information content (AvgIpc) is 2.85. The van der Waals surface area contributed by atoms with E-state index in [-0.39, 0.29) is 0 Å². The molecule has 0 aromatic heterocycles. The van der Waals surface area contributed by atoms with Gasteiger partial charge in [-0.2, -0.15) is 0 Å². The Morgan fingerprint density at radius 3 is 2.62 bits per heavy atom. The van der Waals surface area contributed by atoms with Crippen molar-refractivity contribution in [3.05, 3.63) is 35.4 Å². The van der Waals surface area contributed by atoms with Gasteiger partial charge in [0.15, 0.2) is 0 Å². The molecular formula is C19H31NO. The van der Waals surface area contributed by atoms with Gasteiger partial charge < -0.3 is 10.1 Å². The van der Waals surface area contributed by atoms with Crippen molar-refractivity contribution in [3.8, 4) is 0 Å². The highest BCUT2D eigenvalue weighted by Crippen LogP contribution is 2.33. The van der Waals surface area contributed by atoms with Crippen LogP contribution < -0.4 is 5.32 Å². The molecule has 2 nitrogen and oxygen atoms in total. The first-order valence-electron chi connectivity index (χ1n) is 8.79. The smallest absolute Gasteiger partial charge is 0.0810 e. The number of unbranched alkanes of at least 4 members (excludes halogenated alkanes) is 5. The van der Waals surface area contributed by atoms with Crippen LogP contribution in [0.15, 0.2) is 24.3 Å². The Bertz CT molecular complexity index is 404. The molecule has 1 aromatic carbocycles. The molecule has 0 heterocycles. The molecule has 0 spiro atoms.